The number of carbonyl (C=O) groups excluding carboxylic acids is 1. The van der Waals surface area contributed by atoms with Gasteiger partial charge in [-0.25, -0.2) is 0 Å². The van der Waals surface area contributed by atoms with Crippen LogP contribution in [0.4, 0.5) is 5.69 Å². The molecule has 0 aromatic heterocycles. The highest BCUT2D eigenvalue weighted by Crippen LogP contribution is 2.15. The maximum absolute atomic E-state index is 12.1. The zero-order chi connectivity index (χ0) is 13.5. The standard InChI is InChI=1S/C13H17N3OS/c1-16(13(17)12(15)6-7-18-2)11-5-3-4-10(8-11)9-14/h3-5,8,12H,6-7,15H2,1-2H3/t12-/m1/s1. The smallest absolute Gasteiger partial charge is 0.243 e. The summed E-state index contributed by atoms with van der Waals surface area (Å²) < 4.78 is 0. The second-order valence-corrected chi connectivity index (χ2v) is 4.93. The SMILES string of the molecule is CSCC[C@@H](N)C(=O)N(C)c1cccc(C#N)c1. The molecule has 0 radical (unpaired) electrons. The molecule has 96 valence electrons. The second kappa shape index (κ2) is 7.04. The zero-order valence-electron chi connectivity index (χ0n) is 10.6. The molecular formula is C13H17N3OS. The fourth-order valence-corrected chi connectivity index (χ4v) is 2.02. The topological polar surface area (TPSA) is 70.1 Å². The van der Waals surface area contributed by atoms with Gasteiger partial charge in [0.1, 0.15) is 0 Å². The van der Waals surface area contributed by atoms with Gasteiger partial charge in [0, 0.05) is 12.7 Å². The number of benzene rings is 1. The van der Waals surface area contributed by atoms with E-state index in [-0.39, 0.29) is 5.91 Å². The first-order chi connectivity index (χ1) is 8.60. The lowest BCUT2D eigenvalue weighted by Crippen LogP contribution is -2.42. The molecule has 18 heavy (non-hydrogen) atoms. The van der Waals surface area contributed by atoms with E-state index in [9.17, 15) is 4.79 Å². The summed E-state index contributed by atoms with van der Waals surface area (Å²) in [6.45, 7) is 0. The molecule has 0 heterocycles. The third-order valence-electron chi connectivity index (χ3n) is 2.64. The van der Waals surface area contributed by atoms with Crippen LogP contribution in [0.25, 0.3) is 0 Å². The number of rotatable bonds is 5. The van der Waals surface area contributed by atoms with Crippen LogP contribution in [0.15, 0.2) is 24.3 Å². The fourth-order valence-electron chi connectivity index (χ4n) is 1.53. The molecule has 0 aliphatic heterocycles. The number of anilines is 1. The Morgan fingerprint density at radius 2 is 2.33 bits per heavy atom. The van der Waals surface area contributed by atoms with Gasteiger partial charge in [0.2, 0.25) is 5.91 Å². The maximum Gasteiger partial charge on any atom is 0.243 e. The summed E-state index contributed by atoms with van der Waals surface area (Å²) in [5.41, 5.74) is 7.07. The quantitative estimate of drug-likeness (QED) is 0.876. The molecule has 5 heteroatoms. The lowest BCUT2D eigenvalue weighted by Gasteiger charge is -2.21. The van der Waals surface area contributed by atoms with E-state index in [0.29, 0.717) is 17.7 Å². The fraction of sp³-hybridized carbons (Fsp3) is 0.385. The van der Waals surface area contributed by atoms with Crippen LogP contribution >= 0.6 is 11.8 Å². The number of carbonyl (C=O) groups is 1. The van der Waals surface area contributed by atoms with E-state index in [2.05, 4.69) is 6.07 Å². The molecule has 1 aromatic rings. The molecule has 1 rings (SSSR count). The third-order valence-corrected chi connectivity index (χ3v) is 3.29. The molecule has 2 N–H and O–H groups in total. The number of likely N-dealkylation sites (N-methyl/N-ethyl adjacent to an activating group) is 1. The first kappa shape index (κ1) is 14.6. The Balaban J connectivity index is 2.76. The molecule has 0 unspecified atom stereocenters. The Morgan fingerprint density at radius 3 is 2.94 bits per heavy atom. The van der Waals surface area contributed by atoms with E-state index >= 15 is 0 Å². The Labute approximate surface area is 112 Å². The summed E-state index contributed by atoms with van der Waals surface area (Å²) in [5.74, 6) is 0.734. The number of nitrogens with two attached hydrogens (primary N) is 1. The van der Waals surface area contributed by atoms with Crippen molar-refractivity contribution in [3.8, 4) is 6.07 Å². The number of hydrogen-bond donors (Lipinski definition) is 1. The normalized spacial score (nSPS) is 11.7. The first-order valence-corrected chi connectivity index (χ1v) is 7.01. The summed E-state index contributed by atoms with van der Waals surface area (Å²) in [4.78, 5) is 13.6. The van der Waals surface area contributed by atoms with Crippen molar-refractivity contribution in [2.45, 2.75) is 12.5 Å². The summed E-state index contributed by atoms with van der Waals surface area (Å²) >= 11 is 1.67. The van der Waals surface area contributed by atoms with Crippen LogP contribution in [0.5, 0.6) is 0 Å². The molecule has 4 nitrogen and oxygen atoms in total. The lowest BCUT2D eigenvalue weighted by molar-refractivity contribution is -0.119. The molecule has 0 spiro atoms. The predicted molar refractivity (Wildman–Crippen MR) is 75.5 cm³/mol. The van der Waals surface area contributed by atoms with Crippen molar-refractivity contribution in [3.05, 3.63) is 29.8 Å². The van der Waals surface area contributed by atoms with Gasteiger partial charge in [-0.3, -0.25) is 4.79 Å². The highest BCUT2D eigenvalue weighted by atomic mass is 32.2. The van der Waals surface area contributed by atoms with Gasteiger partial charge in [0.05, 0.1) is 17.7 Å². The van der Waals surface area contributed by atoms with Crippen molar-refractivity contribution >= 4 is 23.4 Å². The van der Waals surface area contributed by atoms with Gasteiger partial charge >= 0.3 is 0 Å². The van der Waals surface area contributed by atoms with Crippen LogP contribution in [-0.2, 0) is 4.79 Å². The molecule has 1 amide bonds. The maximum atomic E-state index is 12.1. The second-order valence-electron chi connectivity index (χ2n) is 3.95. The summed E-state index contributed by atoms with van der Waals surface area (Å²) in [7, 11) is 1.68. The molecule has 0 fully saturated rings. The van der Waals surface area contributed by atoms with Crippen LogP contribution < -0.4 is 10.6 Å². The molecule has 1 atom stereocenters. The molecule has 0 saturated carbocycles. The molecule has 0 bridgehead atoms. The Morgan fingerprint density at radius 1 is 1.61 bits per heavy atom. The monoisotopic (exact) mass is 263 g/mol. The Kier molecular flexibility index (Phi) is 5.69. The third kappa shape index (κ3) is 3.76. The van der Waals surface area contributed by atoms with Gasteiger partial charge in [-0.1, -0.05) is 6.07 Å². The first-order valence-electron chi connectivity index (χ1n) is 5.62. The summed E-state index contributed by atoms with van der Waals surface area (Å²) in [6, 6.07) is 8.49. The number of nitrogens with zero attached hydrogens (tertiary/aromatic N) is 2. The minimum absolute atomic E-state index is 0.126. The van der Waals surface area contributed by atoms with Gasteiger partial charge in [-0.2, -0.15) is 17.0 Å². The zero-order valence-corrected chi connectivity index (χ0v) is 11.4. The van der Waals surface area contributed by atoms with E-state index in [1.807, 2.05) is 6.26 Å². The molecule has 1 aromatic carbocycles. The van der Waals surface area contributed by atoms with Crippen LogP contribution in [-0.4, -0.2) is 31.0 Å². The van der Waals surface area contributed by atoms with Crippen molar-refractivity contribution in [3.63, 3.8) is 0 Å². The van der Waals surface area contributed by atoms with Crippen molar-refractivity contribution in [2.75, 3.05) is 24.0 Å². The van der Waals surface area contributed by atoms with Crippen molar-refractivity contribution in [1.29, 1.82) is 5.26 Å². The van der Waals surface area contributed by atoms with Gasteiger partial charge in [-0.15, -0.1) is 0 Å². The van der Waals surface area contributed by atoms with E-state index < -0.39 is 6.04 Å². The van der Waals surface area contributed by atoms with Crippen molar-refractivity contribution < 1.29 is 4.79 Å². The molecule has 0 aliphatic rings. The van der Waals surface area contributed by atoms with E-state index in [1.165, 1.54) is 4.90 Å². The van der Waals surface area contributed by atoms with E-state index in [4.69, 9.17) is 11.0 Å². The number of nitriles is 1. The van der Waals surface area contributed by atoms with Crippen LogP contribution in [0.3, 0.4) is 0 Å². The average molecular weight is 263 g/mol. The lowest BCUT2D eigenvalue weighted by atomic mass is 10.1. The highest BCUT2D eigenvalue weighted by Gasteiger charge is 2.18. The number of hydrogen-bond acceptors (Lipinski definition) is 4. The average Bonchev–Trinajstić information content (AvgIpc) is 2.43. The van der Waals surface area contributed by atoms with Gasteiger partial charge in [0.25, 0.3) is 0 Å². The van der Waals surface area contributed by atoms with Crippen molar-refractivity contribution in [1.82, 2.24) is 0 Å². The largest absolute Gasteiger partial charge is 0.320 e. The Hall–Kier alpha value is -1.51. The number of thioether (sulfide) groups is 1. The van der Waals surface area contributed by atoms with Gasteiger partial charge in [-0.05, 0) is 36.6 Å². The van der Waals surface area contributed by atoms with E-state index in [1.54, 1.807) is 43.1 Å². The van der Waals surface area contributed by atoms with Gasteiger partial charge in [0.15, 0.2) is 0 Å². The molecular weight excluding hydrogens is 246 g/mol. The molecule has 0 aliphatic carbocycles. The minimum Gasteiger partial charge on any atom is -0.320 e. The Bertz CT molecular complexity index is 456. The minimum atomic E-state index is -0.492. The van der Waals surface area contributed by atoms with Gasteiger partial charge < -0.3 is 10.6 Å². The number of amides is 1. The summed E-state index contributed by atoms with van der Waals surface area (Å²) in [5, 5.41) is 8.83. The predicted octanol–water partition coefficient (Wildman–Crippen LogP) is 1.60. The van der Waals surface area contributed by atoms with Crippen molar-refractivity contribution in [2.24, 2.45) is 5.73 Å². The summed E-state index contributed by atoms with van der Waals surface area (Å²) in [6.07, 6.45) is 2.64. The van der Waals surface area contributed by atoms with Crippen LogP contribution in [0.2, 0.25) is 0 Å². The van der Waals surface area contributed by atoms with Crippen LogP contribution in [0.1, 0.15) is 12.0 Å². The van der Waals surface area contributed by atoms with E-state index in [0.717, 1.165) is 5.75 Å². The molecule has 0 saturated heterocycles. The highest BCUT2D eigenvalue weighted by molar-refractivity contribution is 7.98. The van der Waals surface area contributed by atoms with Crippen LogP contribution in [0, 0.1) is 11.3 Å².